The van der Waals surface area contributed by atoms with Gasteiger partial charge in [0.2, 0.25) is 0 Å². The molecule has 174 valence electrons. The highest BCUT2D eigenvalue weighted by atomic mass is 19.1. The van der Waals surface area contributed by atoms with E-state index in [0.29, 0.717) is 11.3 Å². The zero-order valence-electron chi connectivity index (χ0n) is 18.9. The largest absolute Gasteiger partial charge is 0.508 e. The van der Waals surface area contributed by atoms with E-state index < -0.39 is 29.3 Å². The van der Waals surface area contributed by atoms with E-state index in [1.54, 1.807) is 24.3 Å². The van der Waals surface area contributed by atoms with Gasteiger partial charge in [-0.25, -0.2) is 4.39 Å². The van der Waals surface area contributed by atoms with E-state index in [4.69, 9.17) is 4.74 Å². The van der Waals surface area contributed by atoms with Crippen LogP contribution in [0.4, 0.5) is 10.1 Å². The van der Waals surface area contributed by atoms with E-state index in [9.17, 15) is 24.2 Å². The van der Waals surface area contributed by atoms with Crippen LogP contribution in [0.25, 0.3) is 5.76 Å². The maximum absolute atomic E-state index is 14.0. The fraction of sp³-hybridized carbons (Fsp3) is 0.185. The van der Waals surface area contributed by atoms with Gasteiger partial charge in [-0.1, -0.05) is 38.1 Å². The van der Waals surface area contributed by atoms with Gasteiger partial charge in [0, 0.05) is 5.69 Å². The molecule has 0 saturated carbocycles. The van der Waals surface area contributed by atoms with Crippen LogP contribution in [0.3, 0.4) is 0 Å². The lowest BCUT2D eigenvalue weighted by Crippen LogP contribution is -2.29. The standard InChI is InChI=1S/C27H24FNO5/c1-15(2)16-4-9-19(10-5-16)29-24(17-6-11-20(30)12-7-17)23(26(32)27(29)33)25(31)21-14-18(28)8-13-22(21)34-3/h4-15,24,30-31H,1-3H3/b25-23+. The van der Waals surface area contributed by atoms with Crippen molar-refractivity contribution < 1.29 is 28.9 Å². The van der Waals surface area contributed by atoms with Gasteiger partial charge < -0.3 is 14.9 Å². The van der Waals surface area contributed by atoms with Crippen LogP contribution in [0.15, 0.2) is 72.3 Å². The van der Waals surface area contributed by atoms with Gasteiger partial charge in [0.25, 0.3) is 11.7 Å². The molecule has 3 aromatic carbocycles. The van der Waals surface area contributed by atoms with E-state index >= 15 is 0 Å². The number of phenols is 1. The number of benzene rings is 3. The molecule has 0 radical (unpaired) electrons. The number of carbonyl (C=O) groups is 2. The molecule has 0 aromatic heterocycles. The third kappa shape index (κ3) is 4.01. The van der Waals surface area contributed by atoms with Crippen molar-refractivity contribution in [2.45, 2.75) is 25.8 Å². The van der Waals surface area contributed by atoms with E-state index in [0.717, 1.165) is 11.6 Å². The highest BCUT2D eigenvalue weighted by molar-refractivity contribution is 6.51. The smallest absolute Gasteiger partial charge is 0.300 e. The molecule has 3 aromatic rings. The first-order chi connectivity index (χ1) is 16.2. The van der Waals surface area contributed by atoms with E-state index in [2.05, 4.69) is 0 Å². The number of phenolic OH excluding ortho intramolecular Hbond substituents is 1. The number of hydrogen-bond donors (Lipinski definition) is 2. The summed E-state index contributed by atoms with van der Waals surface area (Å²) in [7, 11) is 1.36. The molecular weight excluding hydrogens is 437 g/mol. The Hall–Kier alpha value is -4.13. The first kappa shape index (κ1) is 23.0. The minimum atomic E-state index is -1.00. The molecule has 1 amide bonds. The fourth-order valence-corrected chi connectivity index (χ4v) is 4.10. The van der Waals surface area contributed by atoms with Crippen LogP contribution in [0.5, 0.6) is 11.5 Å². The molecule has 0 aliphatic carbocycles. The van der Waals surface area contributed by atoms with Gasteiger partial charge in [0.15, 0.2) is 0 Å². The summed E-state index contributed by atoms with van der Waals surface area (Å²) in [5, 5.41) is 21.0. The molecular formula is C27H24FNO5. The Kier molecular flexibility index (Phi) is 6.11. The Morgan fingerprint density at radius 1 is 1.00 bits per heavy atom. The van der Waals surface area contributed by atoms with Crippen molar-refractivity contribution in [3.8, 4) is 11.5 Å². The van der Waals surface area contributed by atoms with Gasteiger partial charge in [-0.3, -0.25) is 14.5 Å². The first-order valence-electron chi connectivity index (χ1n) is 10.8. The lowest BCUT2D eigenvalue weighted by atomic mass is 9.94. The maximum atomic E-state index is 14.0. The predicted octanol–water partition coefficient (Wildman–Crippen LogP) is 5.29. The highest BCUT2D eigenvalue weighted by Gasteiger charge is 2.47. The summed E-state index contributed by atoms with van der Waals surface area (Å²) in [5.74, 6) is -2.49. The van der Waals surface area contributed by atoms with Crippen LogP contribution in [0.1, 0.15) is 42.5 Å². The van der Waals surface area contributed by atoms with Gasteiger partial charge in [0.05, 0.1) is 24.3 Å². The number of aliphatic hydroxyl groups is 1. The molecule has 1 aliphatic rings. The number of anilines is 1. The second kappa shape index (κ2) is 9.02. The normalized spacial score (nSPS) is 17.4. The summed E-state index contributed by atoms with van der Waals surface area (Å²) in [6, 6.07) is 15.8. The number of ether oxygens (including phenoxy) is 1. The van der Waals surface area contributed by atoms with Crippen molar-refractivity contribution in [1.82, 2.24) is 0 Å². The topological polar surface area (TPSA) is 87.1 Å². The first-order valence-corrected chi connectivity index (χ1v) is 10.8. The molecule has 0 spiro atoms. The van der Waals surface area contributed by atoms with Crippen molar-refractivity contribution in [2.24, 2.45) is 0 Å². The molecule has 1 aliphatic heterocycles. The molecule has 4 rings (SSSR count). The summed E-state index contributed by atoms with van der Waals surface area (Å²) in [6.07, 6.45) is 0. The molecule has 0 bridgehead atoms. The van der Waals surface area contributed by atoms with Gasteiger partial charge in [-0.2, -0.15) is 0 Å². The van der Waals surface area contributed by atoms with Crippen molar-refractivity contribution >= 4 is 23.1 Å². The van der Waals surface area contributed by atoms with Gasteiger partial charge in [0.1, 0.15) is 23.1 Å². The number of aliphatic hydroxyl groups excluding tert-OH is 1. The van der Waals surface area contributed by atoms with Gasteiger partial charge in [-0.15, -0.1) is 0 Å². The summed E-state index contributed by atoms with van der Waals surface area (Å²) < 4.78 is 19.3. The number of methoxy groups -OCH3 is 1. The van der Waals surface area contributed by atoms with Crippen LogP contribution in [0, 0.1) is 5.82 Å². The maximum Gasteiger partial charge on any atom is 0.300 e. The van der Waals surface area contributed by atoms with E-state index in [1.807, 2.05) is 26.0 Å². The van der Waals surface area contributed by atoms with Crippen molar-refractivity contribution in [2.75, 3.05) is 12.0 Å². The lowest BCUT2D eigenvalue weighted by molar-refractivity contribution is -0.132. The van der Waals surface area contributed by atoms with Crippen LogP contribution in [-0.4, -0.2) is 29.0 Å². The third-order valence-electron chi connectivity index (χ3n) is 5.91. The van der Waals surface area contributed by atoms with Crippen LogP contribution >= 0.6 is 0 Å². The summed E-state index contributed by atoms with van der Waals surface area (Å²) in [5.41, 5.74) is 1.77. The van der Waals surface area contributed by atoms with E-state index in [-0.39, 0.29) is 28.6 Å². The number of amides is 1. The molecule has 7 heteroatoms. The Morgan fingerprint density at radius 2 is 1.65 bits per heavy atom. The zero-order chi connectivity index (χ0) is 24.6. The molecule has 6 nitrogen and oxygen atoms in total. The number of ketones is 1. The summed E-state index contributed by atoms with van der Waals surface area (Å²) >= 11 is 0. The molecule has 1 saturated heterocycles. The molecule has 1 atom stereocenters. The lowest BCUT2D eigenvalue weighted by Gasteiger charge is -2.26. The molecule has 1 heterocycles. The van der Waals surface area contributed by atoms with Gasteiger partial charge >= 0.3 is 0 Å². The number of halogens is 1. The minimum absolute atomic E-state index is 0.00814. The minimum Gasteiger partial charge on any atom is -0.508 e. The average Bonchev–Trinajstić information content (AvgIpc) is 3.09. The van der Waals surface area contributed by atoms with Crippen molar-refractivity contribution in [3.63, 3.8) is 0 Å². The fourth-order valence-electron chi connectivity index (χ4n) is 4.10. The second-order valence-electron chi connectivity index (χ2n) is 8.35. The molecule has 1 unspecified atom stereocenters. The van der Waals surface area contributed by atoms with Crippen molar-refractivity contribution in [3.05, 3.63) is 94.8 Å². The number of aromatic hydroxyl groups is 1. The number of rotatable bonds is 5. The number of hydrogen-bond acceptors (Lipinski definition) is 5. The number of carbonyl (C=O) groups excluding carboxylic acids is 2. The molecule has 34 heavy (non-hydrogen) atoms. The van der Waals surface area contributed by atoms with Crippen molar-refractivity contribution in [1.29, 1.82) is 0 Å². The Morgan fingerprint density at radius 3 is 2.24 bits per heavy atom. The quantitative estimate of drug-likeness (QED) is 0.306. The summed E-state index contributed by atoms with van der Waals surface area (Å²) in [6.45, 7) is 4.09. The number of Topliss-reactive ketones (excluding diaryl/α,β-unsaturated/α-hetero) is 1. The predicted molar refractivity (Wildman–Crippen MR) is 126 cm³/mol. The Balaban J connectivity index is 1.95. The molecule has 2 N–H and O–H groups in total. The van der Waals surface area contributed by atoms with Crippen LogP contribution in [0.2, 0.25) is 0 Å². The second-order valence-corrected chi connectivity index (χ2v) is 8.35. The average molecular weight is 461 g/mol. The summed E-state index contributed by atoms with van der Waals surface area (Å²) in [4.78, 5) is 27.7. The van der Waals surface area contributed by atoms with Crippen LogP contribution < -0.4 is 9.64 Å². The van der Waals surface area contributed by atoms with Crippen LogP contribution in [-0.2, 0) is 9.59 Å². The monoisotopic (exact) mass is 461 g/mol. The SMILES string of the molecule is COc1ccc(F)cc1/C(O)=C1\C(=O)C(=O)N(c2ccc(C(C)C)cc2)C1c1ccc(O)cc1. The number of nitrogens with zero attached hydrogens (tertiary/aromatic N) is 1. The van der Waals surface area contributed by atoms with E-state index in [1.165, 1.54) is 36.3 Å². The molecule has 1 fully saturated rings. The van der Waals surface area contributed by atoms with Gasteiger partial charge in [-0.05, 0) is 59.5 Å². The zero-order valence-corrected chi connectivity index (χ0v) is 18.9. The highest BCUT2D eigenvalue weighted by Crippen LogP contribution is 2.43. The Bertz CT molecular complexity index is 1280. The third-order valence-corrected chi connectivity index (χ3v) is 5.91. The Labute approximate surface area is 196 Å².